The van der Waals surface area contributed by atoms with Crippen LogP contribution in [0, 0.1) is 5.41 Å². The molecule has 0 aromatic rings. The predicted molar refractivity (Wildman–Crippen MR) is 91.9 cm³/mol. The van der Waals surface area contributed by atoms with Gasteiger partial charge < -0.3 is 5.73 Å². The van der Waals surface area contributed by atoms with E-state index in [9.17, 15) is 8.42 Å². The molecule has 1 rings (SSSR count). The molecule has 0 atom stereocenters. The third-order valence-corrected chi connectivity index (χ3v) is 6.51. The average Bonchev–Trinajstić information content (AvgIpc) is 2.36. The Labute approximate surface area is 134 Å². The van der Waals surface area contributed by atoms with E-state index in [-0.39, 0.29) is 16.7 Å². The van der Waals surface area contributed by atoms with Gasteiger partial charge in [0.05, 0.1) is 16.3 Å². The highest BCUT2D eigenvalue weighted by Crippen LogP contribution is 2.22. The highest BCUT2D eigenvalue weighted by atomic mass is 32.2. The van der Waals surface area contributed by atoms with Crippen LogP contribution in [0.1, 0.15) is 41.0 Å². The van der Waals surface area contributed by atoms with Crippen LogP contribution in [0.5, 0.6) is 0 Å². The SMILES string of the molecule is CC(C)(C)CCS(=O)(=O)N1CCN(C(C)(C)C(N)=S)CC1. The molecule has 1 aliphatic heterocycles. The Balaban J connectivity index is 2.62. The molecule has 1 saturated heterocycles. The Morgan fingerprint density at radius 2 is 1.57 bits per heavy atom. The standard InChI is InChI=1S/C14H29N3O2S2/c1-13(2,3)6-11-21(18,19)17-9-7-16(8-10-17)14(4,5)12(15)20/h6-11H2,1-5H3,(H2,15,20). The van der Waals surface area contributed by atoms with Crippen LogP contribution in [0.3, 0.4) is 0 Å². The fraction of sp³-hybridized carbons (Fsp3) is 0.929. The van der Waals surface area contributed by atoms with Crippen LogP contribution < -0.4 is 5.73 Å². The van der Waals surface area contributed by atoms with Gasteiger partial charge in [-0.15, -0.1) is 0 Å². The molecule has 124 valence electrons. The topological polar surface area (TPSA) is 66.6 Å². The maximum atomic E-state index is 12.4. The quantitative estimate of drug-likeness (QED) is 0.770. The smallest absolute Gasteiger partial charge is 0.214 e. The van der Waals surface area contributed by atoms with Crippen molar-refractivity contribution in [3.05, 3.63) is 0 Å². The van der Waals surface area contributed by atoms with E-state index in [1.54, 1.807) is 4.31 Å². The summed E-state index contributed by atoms with van der Waals surface area (Å²) in [6, 6.07) is 0. The van der Waals surface area contributed by atoms with Crippen LogP contribution in [0.15, 0.2) is 0 Å². The van der Waals surface area contributed by atoms with E-state index >= 15 is 0 Å². The molecule has 0 unspecified atom stereocenters. The summed E-state index contributed by atoms with van der Waals surface area (Å²) in [4.78, 5) is 2.61. The number of sulfonamides is 1. The molecule has 21 heavy (non-hydrogen) atoms. The fourth-order valence-electron chi connectivity index (χ4n) is 2.25. The molecule has 0 saturated carbocycles. The van der Waals surface area contributed by atoms with E-state index in [0.29, 0.717) is 37.6 Å². The van der Waals surface area contributed by atoms with Crippen molar-refractivity contribution in [2.45, 2.75) is 46.6 Å². The Morgan fingerprint density at radius 1 is 1.10 bits per heavy atom. The minimum absolute atomic E-state index is 0.0304. The zero-order chi connectivity index (χ0) is 16.5. The molecule has 0 spiro atoms. The molecule has 7 heteroatoms. The summed E-state index contributed by atoms with van der Waals surface area (Å²) in [5, 5.41) is 0. The van der Waals surface area contributed by atoms with Gasteiger partial charge in [0.15, 0.2) is 0 Å². The normalized spacial score (nSPS) is 19.7. The van der Waals surface area contributed by atoms with Crippen molar-refractivity contribution < 1.29 is 8.42 Å². The Bertz CT molecular complexity index is 473. The molecule has 0 aromatic carbocycles. The summed E-state index contributed by atoms with van der Waals surface area (Å²) in [5.74, 6) is 0.217. The number of piperazine rings is 1. The second kappa shape index (κ2) is 6.48. The van der Waals surface area contributed by atoms with Crippen LogP contribution in [-0.2, 0) is 10.0 Å². The van der Waals surface area contributed by atoms with Gasteiger partial charge >= 0.3 is 0 Å². The highest BCUT2D eigenvalue weighted by molar-refractivity contribution is 7.89. The van der Waals surface area contributed by atoms with Gasteiger partial charge in [-0.1, -0.05) is 33.0 Å². The van der Waals surface area contributed by atoms with Crippen molar-refractivity contribution >= 4 is 27.2 Å². The van der Waals surface area contributed by atoms with E-state index in [1.165, 1.54) is 0 Å². The van der Waals surface area contributed by atoms with Crippen LogP contribution in [0.4, 0.5) is 0 Å². The first-order chi connectivity index (χ1) is 9.36. The monoisotopic (exact) mass is 335 g/mol. The number of thiocarbonyl (C=S) groups is 1. The number of hydrogen-bond donors (Lipinski definition) is 1. The van der Waals surface area contributed by atoms with Gasteiger partial charge in [-0.25, -0.2) is 8.42 Å². The summed E-state index contributed by atoms with van der Waals surface area (Å²) in [5.41, 5.74) is 5.44. The lowest BCUT2D eigenvalue weighted by molar-refractivity contribution is 0.123. The molecule has 0 bridgehead atoms. The Kier molecular flexibility index (Phi) is 5.80. The maximum absolute atomic E-state index is 12.4. The van der Waals surface area contributed by atoms with Gasteiger partial charge in [-0.3, -0.25) is 4.90 Å². The zero-order valence-corrected chi connectivity index (χ0v) is 15.5. The molecule has 2 N–H and O–H groups in total. The van der Waals surface area contributed by atoms with Gasteiger partial charge in [0, 0.05) is 26.2 Å². The molecule has 0 radical (unpaired) electrons. The summed E-state index contributed by atoms with van der Waals surface area (Å²) >= 11 is 5.10. The van der Waals surface area contributed by atoms with E-state index in [2.05, 4.69) is 25.7 Å². The van der Waals surface area contributed by atoms with E-state index in [0.717, 1.165) is 0 Å². The number of hydrogen-bond acceptors (Lipinski definition) is 4. The van der Waals surface area contributed by atoms with Gasteiger partial charge in [-0.2, -0.15) is 4.31 Å². The molecule has 1 aliphatic rings. The van der Waals surface area contributed by atoms with Crippen LogP contribution in [0.2, 0.25) is 0 Å². The summed E-state index contributed by atoms with van der Waals surface area (Å²) in [6.45, 7) is 12.5. The molecular weight excluding hydrogens is 306 g/mol. The highest BCUT2D eigenvalue weighted by Gasteiger charge is 2.35. The number of nitrogens with two attached hydrogens (primary N) is 1. The number of rotatable bonds is 5. The van der Waals surface area contributed by atoms with E-state index in [4.69, 9.17) is 18.0 Å². The first kappa shape index (κ1) is 18.8. The van der Waals surface area contributed by atoms with Gasteiger partial charge in [0.2, 0.25) is 10.0 Å². The van der Waals surface area contributed by atoms with Crippen molar-refractivity contribution in [1.82, 2.24) is 9.21 Å². The van der Waals surface area contributed by atoms with Crippen molar-refractivity contribution in [1.29, 1.82) is 0 Å². The minimum atomic E-state index is -3.16. The first-order valence-corrected chi connectivity index (χ1v) is 9.41. The lowest BCUT2D eigenvalue weighted by Crippen LogP contribution is -2.60. The van der Waals surface area contributed by atoms with Crippen molar-refractivity contribution in [3.8, 4) is 0 Å². The first-order valence-electron chi connectivity index (χ1n) is 7.39. The lowest BCUT2D eigenvalue weighted by Gasteiger charge is -2.43. The van der Waals surface area contributed by atoms with Gasteiger partial charge in [0.1, 0.15) is 0 Å². The van der Waals surface area contributed by atoms with Gasteiger partial charge in [0.25, 0.3) is 0 Å². The van der Waals surface area contributed by atoms with Crippen LogP contribution >= 0.6 is 12.2 Å². The third kappa shape index (κ3) is 5.16. The van der Waals surface area contributed by atoms with E-state index in [1.807, 2.05) is 13.8 Å². The van der Waals surface area contributed by atoms with Crippen LogP contribution in [0.25, 0.3) is 0 Å². The van der Waals surface area contributed by atoms with Crippen molar-refractivity contribution in [2.24, 2.45) is 11.1 Å². The maximum Gasteiger partial charge on any atom is 0.214 e. The fourth-order valence-corrected chi connectivity index (χ4v) is 4.22. The second-order valence-electron chi connectivity index (χ2n) is 7.44. The number of nitrogens with zero attached hydrogens (tertiary/aromatic N) is 2. The molecule has 0 amide bonds. The average molecular weight is 336 g/mol. The molecule has 5 nitrogen and oxygen atoms in total. The minimum Gasteiger partial charge on any atom is -0.392 e. The van der Waals surface area contributed by atoms with E-state index < -0.39 is 10.0 Å². The summed E-state index contributed by atoms with van der Waals surface area (Å²) in [6.07, 6.45) is 0.675. The Hall–Kier alpha value is -0.240. The van der Waals surface area contributed by atoms with Gasteiger partial charge in [-0.05, 0) is 25.7 Å². The largest absolute Gasteiger partial charge is 0.392 e. The molecule has 1 heterocycles. The summed E-state index contributed by atoms with van der Waals surface area (Å²) < 4.78 is 26.4. The summed E-state index contributed by atoms with van der Waals surface area (Å²) in [7, 11) is -3.16. The van der Waals surface area contributed by atoms with Crippen LogP contribution in [-0.4, -0.2) is 60.1 Å². The second-order valence-corrected chi connectivity index (χ2v) is 9.96. The third-order valence-electron chi connectivity index (χ3n) is 4.14. The molecule has 1 fully saturated rings. The Morgan fingerprint density at radius 3 is 1.95 bits per heavy atom. The predicted octanol–water partition coefficient (Wildman–Crippen LogP) is 1.43. The van der Waals surface area contributed by atoms with Crippen molar-refractivity contribution in [2.75, 3.05) is 31.9 Å². The zero-order valence-electron chi connectivity index (χ0n) is 13.8. The van der Waals surface area contributed by atoms with Crippen molar-refractivity contribution in [3.63, 3.8) is 0 Å². The molecular formula is C14H29N3O2S2. The molecule has 0 aliphatic carbocycles. The lowest BCUT2D eigenvalue weighted by atomic mass is 9.94. The molecule has 0 aromatic heterocycles.